The standard InChI is InChI=1S/C13H17BrO2/c1-2-16-13(15)10-12-7-4-3-6-11(12)8-5-9-14/h3-4,6-7H,2,5,8-10H2,1H3. The third kappa shape index (κ3) is 4.35. The summed E-state index contributed by atoms with van der Waals surface area (Å²) < 4.78 is 4.96. The predicted octanol–water partition coefficient (Wildman–Crippen LogP) is 3.12. The Labute approximate surface area is 105 Å². The van der Waals surface area contributed by atoms with E-state index in [0.717, 1.165) is 23.7 Å². The Morgan fingerprint density at radius 3 is 2.62 bits per heavy atom. The Bertz CT molecular complexity index is 336. The van der Waals surface area contributed by atoms with Gasteiger partial charge in [-0.15, -0.1) is 0 Å². The number of halogens is 1. The van der Waals surface area contributed by atoms with E-state index in [-0.39, 0.29) is 5.97 Å². The second kappa shape index (κ2) is 7.44. The minimum atomic E-state index is -0.145. The maximum absolute atomic E-state index is 11.4. The van der Waals surface area contributed by atoms with Crippen LogP contribution in [-0.4, -0.2) is 17.9 Å². The van der Waals surface area contributed by atoms with E-state index >= 15 is 0 Å². The van der Waals surface area contributed by atoms with E-state index in [9.17, 15) is 4.79 Å². The van der Waals surface area contributed by atoms with E-state index in [1.807, 2.05) is 25.1 Å². The molecule has 0 saturated heterocycles. The molecule has 0 atom stereocenters. The van der Waals surface area contributed by atoms with Crippen molar-refractivity contribution in [3.8, 4) is 0 Å². The second-order valence-electron chi connectivity index (χ2n) is 3.54. The SMILES string of the molecule is CCOC(=O)Cc1ccccc1CCCBr. The minimum Gasteiger partial charge on any atom is -0.466 e. The largest absolute Gasteiger partial charge is 0.466 e. The molecule has 16 heavy (non-hydrogen) atoms. The average Bonchev–Trinajstić information content (AvgIpc) is 2.28. The molecule has 88 valence electrons. The molecule has 0 unspecified atom stereocenters. The van der Waals surface area contributed by atoms with E-state index in [1.54, 1.807) is 0 Å². The lowest BCUT2D eigenvalue weighted by atomic mass is 10.0. The average molecular weight is 285 g/mol. The molecule has 0 radical (unpaired) electrons. The summed E-state index contributed by atoms with van der Waals surface area (Å²) >= 11 is 3.42. The quantitative estimate of drug-likeness (QED) is 0.593. The van der Waals surface area contributed by atoms with Gasteiger partial charge in [-0.2, -0.15) is 0 Å². The van der Waals surface area contributed by atoms with Crippen LogP contribution in [0.4, 0.5) is 0 Å². The summed E-state index contributed by atoms with van der Waals surface area (Å²) in [5.74, 6) is -0.145. The molecule has 0 aliphatic rings. The number of hydrogen-bond acceptors (Lipinski definition) is 2. The summed E-state index contributed by atoms with van der Waals surface area (Å²) in [4.78, 5) is 11.4. The third-order valence-corrected chi connectivity index (χ3v) is 2.90. The number of ether oxygens (including phenoxy) is 1. The van der Waals surface area contributed by atoms with Crippen LogP contribution in [0, 0.1) is 0 Å². The van der Waals surface area contributed by atoms with Crippen LogP contribution in [0.2, 0.25) is 0 Å². The number of alkyl halides is 1. The monoisotopic (exact) mass is 284 g/mol. The van der Waals surface area contributed by atoms with Gasteiger partial charge in [-0.1, -0.05) is 40.2 Å². The van der Waals surface area contributed by atoms with Gasteiger partial charge < -0.3 is 4.74 Å². The topological polar surface area (TPSA) is 26.3 Å². The van der Waals surface area contributed by atoms with Crippen LogP contribution < -0.4 is 0 Å². The first-order chi connectivity index (χ1) is 7.77. The van der Waals surface area contributed by atoms with Gasteiger partial charge in [0.05, 0.1) is 13.0 Å². The zero-order valence-electron chi connectivity index (χ0n) is 9.54. The molecule has 2 nitrogen and oxygen atoms in total. The lowest BCUT2D eigenvalue weighted by molar-refractivity contribution is -0.142. The van der Waals surface area contributed by atoms with Crippen molar-refractivity contribution in [2.24, 2.45) is 0 Å². The van der Waals surface area contributed by atoms with Crippen molar-refractivity contribution in [1.82, 2.24) is 0 Å². The fourth-order valence-electron chi connectivity index (χ4n) is 1.60. The minimum absolute atomic E-state index is 0.145. The van der Waals surface area contributed by atoms with Gasteiger partial charge in [-0.25, -0.2) is 0 Å². The van der Waals surface area contributed by atoms with Gasteiger partial charge in [-0.3, -0.25) is 4.79 Å². The van der Waals surface area contributed by atoms with Crippen molar-refractivity contribution in [2.75, 3.05) is 11.9 Å². The van der Waals surface area contributed by atoms with Gasteiger partial charge in [-0.05, 0) is 30.9 Å². The second-order valence-corrected chi connectivity index (χ2v) is 4.34. The predicted molar refractivity (Wildman–Crippen MR) is 68.9 cm³/mol. The number of rotatable bonds is 6. The first-order valence-electron chi connectivity index (χ1n) is 5.56. The molecule has 0 saturated carbocycles. The number of aryl methyl sites for hydroxylation is 1. The molecule has 0 aromatic heterocycles. The maximum atomic E-state index is 11.4. The zero-order chi connectivity index (χ0) is 11.8. The molecule has 0 heterocycles. The fourth-order valence-corrected chi connectivity index (χ4v) is 1.88. The lowest BCUT2D eigenvalue weighted by Gasteiger charge is -2.08. The first-order valence-corrected chi connectivity index (χ1v) is 6.68. The first kappa shape index (κ1) is 13.2. The van der Waals surface area contributed by atoms with E-state index in [1.165, 1.54) is 5.56 Å². The molecule has 1 aromatic carbocycles. The van der Waals surface area contributed by atoms with E-state index < -0.39 is 0 Å². The number of carbonyl (C=O) groups excluding carboxylic acids is 1. The van der Waals surface area contributed by atoms with Crippen LogP contribution in [-0.2, 0) is 22.4 Å². The summed E-state index contributed by atoms with van der Waals surface area (Å²) in [5.41, 5.74) is 2.33. The third-order valence-electron chi connectivity index (χ3n) is 2.34. The normalized spacial score (nSPS) is 10.1. The van der Waals surface area contributed by atoms with Crippen LogP contribution in [0.25, 0.3) is 0 Å². The van der Waals surface area contributed by atoms with Crippen molar-refractivity contribution in [2.45, 2.75) is 26.2 Å². The van der Waals surface area contributed by atoms with E-state index in [4.69, 9.17) is 4.74 Å². The highest BCUT2D eigenvalue weighted by molar-refractivity contribution is 9.09. The Balaban J connectivity index is 2.66. The zero-order valence-corrected chi connectivity index (χ0v) is 11.1. The summed E-state index contributed by atoms with van der Waals surface area (Å²) in [5, 5.41) is 0.987. The molecule has 0 aliphatic heterocycles. The molecule has 0 spiro atoms. The summed E-state index contributed by atoms with van der Waals surface area (Å²) in [6, 6.07) is 8.06. The van der Waals surface area contributed by atoms with Crippen LogP contribution in [0.5, 0.6) is 0 Å². The lowest BCUT2D eigenvalue weighted by Crippen LogP contribution is -2.09. The number of benzene rings is 1. The number of carbonyl (C=O) groups is 1. The molecule has 0 amide bonds. The van der Waals surface area contributed by atoms with Crippen LogP contribution in [0.1, 0.15) is 24.5 Å². The Morgan fingerprint density at radius 2 is 2.00 bits per heavy atom. The van der Waals surface area contributed by atoms with Crippen LogP contribution in [0.3, 0.4) is 0 Å². The molecule has 1 aromatic rings. The van der Waals surface area contributed by atoms with Gasteiger partial charge in [0.25, 0.3) is 0 Å². The van der Waals surface area contributed by atoms with Crippen LogP contribution >= 0.6 is 15.9 Å². The van der Waals surface area contributed by atoms with Gasteiger partial charge in [0.1, 0.15) is 0 Å². The Hall–Kier alpha value is -0.830. The molecule has 0 bridgehead atoms. The van der Waals surface area contributed by atoms with Gasteiger partial charge in [0.15, 0.2) is 0 Å². The van der Waals surface area contributed by atoms with Crippen molar-refractivity contribution in [3.63, 3.8) is 0 Å². The number of hydrogen-bond donors (Lipinski definition) is 0. The highest BCUT2D eigenvalue weighted by Gasteiger charge is 2.07. The summed E-state index contributed by atoms with van der Waals surface area (Å²) in [6.45, 7) is 2.27. The van der Waals surface area contributed by atoms with Gasteiger partial charge in [0.2, 0.25) is 0 Å². The number of esters is 1. The summed E-state index contributed by atoms with van der Waals surface area (Å²) in [7, 11) is 0. The Kier molecular flexibility index (Phi) is 6.16. The molecular formula is C13H17BrO2. The van der Waals surface area contributed by atoms with Gasteiger partial charge in [0, 0.05) is 5.33 Å². The summed E-state index contributed by atoms with van der Waals surface area (Å²) in [6.07, 6.45) is 2.47. The smallest absolute Gasteiger partial charge is 0.310 e. The highest BCUT2D eigenvalue weighted by atomic mass is 79.9. The molecule has 3 heteroatoms. The van der Waals surface area contributed by atoms with Crippen molar-refractivity contribution >= 4 is 21.9 Å². The fraction of sp³-hybridized carbons (Fsp3) is 0.462. The van der Waals surface area contributed by atoms with Crippen molar-refractivity contribution < 1.29 is 9.53 Å². The highest BCUT2D eigenvalue weighted by Crippen LogP contribution is 2.13. The maximum Gasteiger partial charge on any atom is 0.310 e. The molecule has 0 fully saturated rings. The molecular weight excluding hydrogens is 268 g/mol. The molecule has 0 aliphatic carbocycles. The van der Waals surface area contributed by atoms with E-state index in [2.05, 4.69) is 22.0 Å². The molecule has 0 N–H and O–H groups in total. The van der Waals surface area contributed by atoms with Crippen molar-refractivity contribution in [1.29, 1.82) is 0 Å². The van der Waals surface area contributed by atoms with Crippen molar-refractivity contribution in [3.05, 3.63) is 35.4 Å². The molecule has 1 rings (SSSR count). The van der Waals surface area contributed by atoms with Gasteiger partial charge >= 0.3 is 5.97 Å². The van der Waals surface area contributed by atoms with Crippen LogP contribution in [0.15, 0.2) is 24.3 Å². The van der Waals surface area contributed by atoms with E-state index in [0.29, 0.717) is 13.0 Å². The Morgan fingerprint density at radius 1 is 1.31 bits per heavy atom.